The molecule has 4 nitrogen and oxygen atoms in total. The van der Waals surface area contributed by atoms with Crippen molar-refractivity contribution in [2.24, 2.45) is 0 Å². The first-order valence-electron chi connectivity index (χ1n) is 5.65. The van der Waals surface area contributed by atoms with Gasteiger partial charge in [0.2, 0.25) is 0 Å². The third kappa shape index (κ3) is 3.74. The number of methoxy groups -OCH3 is 1. The molecule has 0 bridgehead atoms. The Balaban J connectivity index is 2.42. The Morgan fingerprint density at radius 1 is 1.00 bits per heavy atom. The lowest BCUT2D eigenvalue weighted by Gasteiger charge is -2.12. The number of nitrogens with one attached hydrogen (secondary N) is 1. The molecule has 0 unspecified atom stereocenters. The van der Waals surface area contributed by atoms with Gasteiger partial charge in [-0.05, 0) is 36.4 Å². The fourth-order valence-corrected chi connectivity index (χ4v) is 3.41. The van der Waals surface area contributed by atoms with E-state index in [2.05, 4.69) is 4.72 Å². The first kappa shape index (κ1) is 16.2. The Morgan fingerprint density at radius 3 is 2.33 bits per heavy atom. The van der Waals surface area contributed by atoms with E-state index in [1.807, 2.05) is 0 Å². The average Bonchev–Trinajstić information content (AvgIpc) is 2.42. The monoisotopic (exact) mass is 365 g/mol. The van der Waals surface area contributed by atoms with Crippen LogP contribution in [0.2, 0.25) is 15.1 Å². The molecule has 21 heavy (non-hydrogen) atoms. The Labute approximate surface area is 137 Å². The highest BCUT2D eigenvalue weighted by Crippen LogP contribution is 2.30. The zero-order valence-corrected chi connectivity index (χ0v) is 13.8. The van der Waals surface area contributed by atoms with Crippen LogP contribution < -0.4 is 9.46 Å². The van der Waals surface area contributed by atoms with Crippen LogP contribution in [-0.2, 0) is 10.0 Å². The molecule has 0 heterocycles. The maximum Gasteiger partial charge on any atom is 0.265 e. The van der Waals surface area contributed by atoms with E-state index in [0.29, 0.717) is 5.02 Å². The van der Waals surface area contributed by atoms with Crippen molar-refractivity contribution in [3.63, 3.8) is 0 Å². The number of rotatable bonds is 4. The van der Waals surface area contributed by atoms with Crippen LogP contribution in [0.25, 0.3) is 0 Å². The summed E-state index contributed by atoms with van der Waals surface area (Å²) in [6.45, 7) is 0. The van der Waals surface area contributed by atoms with Crippen LogP contribution in [0.15, 0.2) is 41.3 Å². The second-order valence-electron chi connectivity index (χ2n) is 4.03. The molecule has 0 amide bonds. The summed E-state index contributed by atoms with van der Waals surface area (Å²) in [4.78, 5) is -0.0661. The maximum atomic E-state index is 12.4. The van der Waals surface area contributed by atoms with Gasteiger partial charge in [0, 0.05) is 5.02 Å². The predicted molar refractivity (Wildman–Crippen MR) is 85.3 cm³/mol. The molecule has 1 N–H and O–H groups in total. The second kappa shape index (κ2) is 6.32. The van der Waals surface area contributed by atoms with Gasteiger partial charge in [-0.1, -0.05) is 34.8 Å². The van der Waals surface area contributed by atoms with E-state index in [9.17, 15) is 8.42 Å². The van der Waals surface area contributed by atoms with Crippen LogP contribution in [0.3, 0.4) is 0 Å². The molecule has 2 aromatic carbocycles. The SMILES string of the molecule is COc1ccc(Cl)cc1S(=O)(=O)Nc1ccc(Cl)c(Cl)c1. The molecular weight excluding hydrogens is 357 g/mol. The zero-order chi connectivity index (χ0) is 15.6. The smallest absolute Gasteiger partial charge is 0.265 e. The van der Waals surface area contributed by atoms with Gasteiger partial charge in [0.1, 0.15) is 10.6 Å². The van der Waals surface area contributed by atoms with Crippen molar-refractivity contribution in [3.8, 4) is 5.75 Å². The molecule has 2 aromatic rings. The van der Waals surface area contributed by atoms with Gasteiger partial charge < -0.3 is 4.74 Å². The molecule has 112 valence electrons. The average molecular weight is 367 g/mol. The first-order chi connectivity index (χ1) is 9.83. The fourth-order valence-electron chi connectivity index (χ4n) is 1.63. The molecule has 0 spiro atoms. The summed E-state index contributed by atoms with van der Waals surface area (Å²) >= 11 is 17.5. The molecule has 0 saturated carbocycles. The van der Waals surface area contributed by atoms with Crippen LogP contribution in [-0.4, -0.2) is 15.5 Å². The molecule has 0 atom stereocenters. The lowest BCUT2D eigenvalue weighted by Crippen LogP contribution is -2.14. The summed E-state index contributed by atoms with van der Waals surface area (Å²) in [5.41, 5.74) is 0.284. The first-order valence-corrected chi connectivity index (χ1v) is 8.26. The van der Waals surface area contributed by atoms with Crippen LogP contribution in [0, 0.1) is 0 Å². The molecule has 0 aliphatic rings. The number of halogens is 3. The summed E-state index contributed by atoms with van der Waals surface area (Å²) in [6, 6.07) is 8.74. The molecule has 8 heteroatoms. The van der Waals surface area contributed by atoms with Gasteiger partial charge in [-0.25, -0.2) is 8.42 Å². The van der Waals surface area contributed by atoms with Gasteiger partial charge in [-0.15, -0.1) is 0 Å². The third-order valence-electron chi connectivity index (χ3n) is 2.59. The normalized spacial score (nSPS) is 11.2. The van der Waals surface area contributed by atoms with Crippen molar-refractivity contribution < 1.29 is 13.2 Å². The van der Waals surface area contributed by atoms with Crippen molar-refractivity contribution in [2.75, 3.05) is 11.8 Å². The van der Waals surface area contributed by atoms with Crippen molar-refractivity contribution in [1.82, 2.24) is 0 Å². The van der Waals surface area contributed by atoms with Gasteiger partial charge >= 0.3 is 0 Å². The summed E-state index contributed by atoms with van der Waals surface area (Å²) in [7, 11) is -2.49. The minimum Gasteiger partial charge on any atom is -0.495 e. The van der Waals surface area contributed by atoms with Gasteiger partial charge in [0.15, 0.2) is 0 Å². The quantitative estimate of drug-likeness (QED) is 0.869. The van der Waals surface area contributed by atoms with Crippen molar-refractivity contribution in [2.45, 2.75) is 4.90 Å². The van der Waals surface area contributed by atoms with E-state index in [0.717, 1.165) is 0 Å². The van der Waals surface area contributed by atoms with Crippen molar-refractivity contribution >= 4 is 50.5 Å². The van der Waals surface area contributed by atoms with Gasteiger partial charge in [-0.2, -0.15) is 0 Å². The Kier molecular flexibility index (Phi) is 4.88. The number of sulfonamides is 1. The van der Waals surface area contributed by atoms with Crippen LogP contribution >= 0.6 is 34.8 Å². The summed E-state index contributed by atoms with van der Waals surface area (Å²) in [6.07, 6.45) is 0. The maximum absolute atomic E-state index is 12.4. The molecule has 0 saturated heterocycles. The van der Waals surface area contributed by atoms with E-state index in [1.165, 1.54) is 37.4 Å². The summed E-state index contributed by atoms with van der Waals surface area (Å²) < 4.78 is 32.2. The van der Waals surface area contributed by atoms with Gasteiger partial charge in [0.25, 0.3) is 10.0 Å². The van der Waals surface area contributed by atoms with Crippen LogP contribution in [0.1, 0.15) is 0 Å². The minimum absolute atomic E-state index is 0.0661. The Bertz CT molecular complexity index is 778. The van der Waals surface area contributed by atoms with E-state index in [-0.39, 0.29) is 26.4 Å². The number of hydrogen-bond acceptors (Lipinski definition) is 3. The topological polar surface area (TPSA) is 55.4 Å². The highest BCUT2D eigenvalue weighted by atomic mass is 35.5. The van der Waals surface area contributed by atoms with Gasteiger partial charge in [-0.3, -0.25) is 4.72 Å². The van der Waals surface area contributed by atoms with E-state index in [4.69, 9.17) is 39.5 Å². The number of hydrogen-bond donors (Lipinski definition) is 1. The lowest BCUT2D eigenvalue weighted by atomic mass is 10.3. The van der Waals surface area contributed by atoms with Crippen molar-refractivity contribution in [3.05, 3.63) is 51.5 Å². The number of ether oxygens (including phenoxy) is 1. The molecule has 0 aromatic heterocycles. The lowest BCUT2D eigenvalue weighted by molar-refractivity contribution is 0.403. The summed E-state index contributed by atoms with van der Waals surface area (Å²) in [5.74, 6) is 0.187. The molecule has 2 rings (SSSR count). The molecule has 0 aliphatic carbocycles. The zero-order valence-electron chi connectivity index (χ0n) is 10.7. The molecule has 0 fully saturated rings. The van der Waals surface area contributed by atoms with E-state index >= 15 is 0 Å². The van der Waals surface area contributed by atoms with E-state index in [1.54, 1.807) is 6.07 Å². The van der Waals surface area contributed by atoms with Crippen LogP contribution in [0.4, 0.5) is 5.69 Å². The standard InChI is InChI=1S/C13H10Cl3NO3S/c1-20-12-5-2-8(14)6-13(12)21(18,19)17-9-3-4-10(15)11(16)7-9/h2-7,17H,1H3. The van der Waals surface area contributed by atoms with Crippen molar-refractivity contribution in [1.29, 1.82) is 0 Å². The summed E-state index contributed by atoms with van der Waals surface area (Å²) in [5, 5.41) is 0.861. The predicted octanol–water partition coefficient (Wildman–Crippen LogP) is 4.46. The molecule has 0 radical (unpaired) electrons. The fraction of sp³-hybridized carbons (Fsp3) is 0.0769. The number of benzene rings is 2. The molecule has 0 aliphatic heterocycles. The largest absolute Gasteiger partial charge is 0.495 e. The highest BCUT2D eigenvalue weighted by Gasteiger charge is 2.20. The Morgan fingerprint density at radius 2 is 1.71 bits per heavy atom. The highest BCUT2D eigenvalue weighted by molar-refractivity contribution is 7.92. The third-order valence-corrected chi connectivity index (χ3v) is 4.96. The molecular formula is C13H10Cl3NO3S. The minimum atomic E-state index is -3.87. The van der Waals surface area contributed by atoms with Gasteiger partial charge in [0.05, 0.1) is 22.8 Å². The number of anilines is 1. The van der Waals surface area contributed by atoms with E-state index < -0.39 is 10.0 Å². The van der Waals surface area contributed by atoms with Crippen LogP contribution in [0.5, 0.6) is 5.75 Å². The second-order valence-corrected chi connectivity index (χ2v) is 6.93. The Hall–Kier alpha value is -1.14.